The van der Waals surface area contributed by atoms with Crippen LogP contribution in [0.4, 0.5) is 0 Å². The summed E-state index contributed by atoms with van der Waals surface area (Å²) in [7, 11) is 1.49. The molecule has 0 aliphatic heterocycles. The van der Waals surface area contributed by atoms with Crippen LogP contribution in [0.15, 0.2) is 48.6 Å². The summed E-state index contributed by atoms with van der Waals surface area (Å²) in [6.45, 7) is 4.39. The van der Waals surface area contributed by atoms with E-state index in [9.17, 15) is 19.0 Å². The first-order valence-electron chi connectivity index (χ1n) is 37.4. The minimum Gasteiger partial charge on any atom is -0.462 e. The molecule has 0 aromatic carbocycles. The van der Waals surface area contributed by atoms with Gasteiger partial charge >= 0.3 is 19.8 Å². The van der Waals surface area contributed by atoms with Gasteiger partial charge in [0.25, 0.3) is 0 Å². The van der Waals surface area contributed by atoms with Gasteiger partial charge in [0.1, 0.15) is 19.8 Å². The molecule has 506 valence electrons. The Labute approximate surface area is 534 Å². The van der Waals surface area contributed by atoms with E-state index in [1.54, 1.807) is 0 Å². The Morgan fingerprint density at radius 1 is 0.372 bits per heavy atom. The van der Waals surface area contributed by atoms with Gasteiger partial charge in [-0.1, -0.05) is 358 Å². The third-order valence-corrected chi connectivity index (χ3v) is 17.9. The molecule has 0 aromatic rings. The Bertz CT molecular complexity index is 1590. The third-order valence-electron chi connectivity index (χ3n) is 16.9. The molecule has 2 atom stereocenters. The molecule has 0 spiro atoms. The summed E-state index contributed by atoms with van der Waals surface area (Å²) in [5, 5.41) is 0. The summed E-state index contributed by atoms with van der Waals surface area (Å²) in [6.07, 6.45) is 88.2. The van der Waals surface area contributed by atoms with E-state index in [4.69, 9.17) is 18.5 Å². The number of phosphoric acid groups is 1. The van der Waals surface area contributed by atoms with Crippen LogP contribution in [0.25, 0.3) is 0 Å². The van der Waals surface area contributed by atoms with E-state index < -0.39 is 26.5 Å². The molecule has 86 heavy (non-hydrogen) atoms. The van der Waals surface area contributed by atoms with E-state index in [0.717, 1.165) is 64.2 Å². The normalized spacial score (nSPS) is 13.3. The van der Waals surface area contributed by atoms with Gasteiger partial charge < -0.3 is 18.9 Å². The average Bonchev–Trinajstić information content (AvgIpc) is 3.70. The van der Waals surface area contributed by atoms with Gasteiger partial charge in [0.15, 0.2) is 6.10 Å². The van der Waals surface area contributed by atoms with Crippen molar-refractivity contribution < 1.29 is 42.1 Å². The quantitative estimate of drug-likeness (QED) is 0.0211. The average molecular weight is 1230 g/mol. The molecule has 9 nitrogen and oxygen atoms in total. The highest BCUT2D eigenvalue weighted by molar-refractivity contribution is 7.47. The lowest BCUT2D eigenvalue weighted by atomic mass is 10.0. The second-order valence-electron chi connectivity index (χ2n) is 26.7. The van der Waals surface area contributed by atoms with Crippen LogP contribution in [-0.2, 0) is 32.7 Å². The number of hydrogen-bond donors (Lipinski definition) is 1. The number of carbonyl (C=O) groups excluding carboxylic acids is 2. The fraction of sp³-hybridized carbons (Fsp3) is 0.868. The van der Waals surface area contributed by atoms with E-state index in [0.29, 0.717) is 23.9 Å². The molecule has 2 unspecified atom stereocenters. The van der Waals surface area contributed by atoms with Crippen molar-refractivity contribution in [2.24, 2.45) is 0 Å². The molecule has 0 aliphatic carbocycles. The number of likely N-dealkylation sites (N-methyl/N-ethyl adjacent to an activating group) is 1. The van der Waals surface area contributed by atoms with Crippen molar-refractivity contribution in [1.29, 1.82) is 0 Å². The molecule has 0 bridgehead atoms. The van der Waals surface area contributed by atoms with Crippen LogP contribution in [0.1, 0.15) is 373 Å². The predicted molar refractivity (Wildman–Crippen MR) is 372 cm³/mol. The lowest BCUT2D eigenvalue weighted by Gasteiger charge is -2.24. The molecule has 0 saturated carbocycles. The van der Waals surface area contributed by atoms with Crippen LogP contribution >= 0.6 is 7.82 Å². The summed E-state index contributed by atoms with van der Waals surface area (Å²) < 4.78 is 34.8. The lowest BCUT2D eigenvalue weighted by Crippen LogP contribution is -2.37. The zero-order valence-corrected chi connectivity index (χ0v) is 58.7. The molecular weight excluding hydrogens is 1090 g/mol. The predicted octanol–water partition coefficient (Wildman–Crippen LogP) is 24.4. The van der Waals surface area contributed by atoms with E-state index in [1.165, 1.54) is 276 Å². The van der Waals surface area contributed by atoms with Gasteiger partial charge in [-0.05, 0) is 51.4 Å². The first-order chi connectivity index (χ1) is 42.0. The highest BCUT2D eigenvalue weighted by Crippen LogP contribution is 2.43. The third kappa shape index (κ3) is 71.1. The monoisotopic (exact) mass is 1230 g/mol. The molecule has 10 heteroatoms. The van der Waals surface area contributed by atoms with E-state index in [2.05, 4.69) is 62.5 Å². The molecule has 0 radical (unpaired) electrons. The highest BCUT2D eigenvalue weighted by atomic mass is 31.2. The van der Waals surface area contributed by atoms with Crippen LogP contribution in [0.3, 0.4) is 0 Å². The van der Waals surface area contributed by atoms with Crippen LogP contribution in [0, 0.1) is 0 Å². The number of phosphoric ester groups is 1. The molecular formula is C76H145NO8P+. The van der Waals surface area contributed by atoms with E-state index in [-0.39, 0.29) is 25.6 Å². The Morgan fingerprint density at radius 3 is 0.988 bits per heavy atom. The number of allylic oxidation sites excluding steroid dienone is 8. The van der Waals surface area contributed by atoms with Gasteiger partial charge in [0, 0.05) is 12.8 Å². The number of carbonyl (C=O) groups is 2. The summed E-state index contributed by atoms with van der Waals surface area (Å²) in [5.41, 5.74) is 0. The van der Waals surface area contributed by atoms with Crippen LogP contribution < -0.4 is 0 Å². The highest BCUT2D eigenvalue weighted by Gasteiger charge is 2.27. The van der Waals surface area contributed by atoms with Gasteiger partial charge in [0.05, 0.1) is 27.7 Å². The fourth-order valence-electron chi connectivity index (χ4n) is 11.2. The Balaban J connectivity index is 3.92. The van der Waals surface area contributed by atoms with E-state index >= 15 is 0 Å². The number of nitrogens with zero attached hydrogens (tertiary/aromatic N) is 1. The number of rotatable bonds is 70. The van der Waals surface area contributed by atoms with Crippen LogP contribution in [0.2, 0.25) is 0 Å². The smallest absolute Gasteiger partial charge is 0.462 e. The maximum atomic E-state index is 12.9. The summed E-state index contributed by atoms with van der Waals surface area (Å²) in [6, 6.07) is 0. The fourth-order valence-corrected chi connectivity index (χ4v) is 11.9. The number of ether oxygens (including phenoxy) is 2. The molecule has 0 aliphatic rings. The zero-order valence-electron chi connectivity index (χ0n) is 57.8. The second-order valence-corrected chi connectivity index (χ2v) is 28.1. The van der Waals surface area contributed by atoms with Crippen LogP contribution in [-0.4, -0.2) is 74.9 Å². The maximum absolute atomic E-state index is 12.9. The minimum absolute atomic E-state index is 0.0324. The van der Waals surface area contributed by atoms with Crippen molar-refractivity contribution in [3.8, 4) is 0 Å². The van der Waals surface area contributed by atoms with Gasteiger partial charge in [-0.15, -0.1) is 0 Å². The molecule has 1 N–H and O–H groups in total. The van der Waals surface area contributed by atoms with Crippen molar-refractivity contribution in [1.82, 2.24) is 0 Å². The van der Waals surface area contributed by atoms with Crippen molar-refractivity contribution in [3.63, 3.8) is 0 Å². The summed E-state index contributed by atoms with van der Waals surface area (Å²) in [5.74, 6) is -0.782. The molecule has 0 fully saturated rings. The second kappa shape index (κ2) is 67.4. The topological polar surface area (TPSA) is 108 Å². The van der Waals surface area contributed by atoms with Crippen LogP contribution in [0.5, 0.6) is 0 Å². The Kier molecular flexibility index (Phi) is 65.8. The molecule has 0 rings (SSSR count). The van der Waals surface area contributed by atoms with E-state index in [1.807, 2.05) is 21.1 Å². The first kappa shape index (κ1) is 84.0. The molecule has 0 heterocycles. The summed E-state index contributed by atoms with van der Waals surface area (Å²) >= 11 is 0. The molecule has 0 saturated heterocycles. The maximum Gasteiger partial charge on any atom is 0.472 e. The van der Waals surface area contributed by atoms with Gasteiger partial charge in [-0.3, -0.25) is 18.6 Å². The lowest BCUT2D eigenvalue weighted by molar-refractivity contribution is -0.870. The first-order valence-corrected chi connectivity index (χ1v) is 38.9. The number of hydrogen-bond acceptors (Lipinski definition) is 7. The Hall–Kier alpha value is -2.03. The van der Waals surface area contributed by atoms with Crippen molar-refractivity contribution in [3.05, 3.63) is 48.6 Å². The zero-order chi connectivity index (χ0) is 62.6. The van der Waals surface area contributed by atoms with Crippen molar-refractivity contribution in [2.75, 3.05) is 47.5 Å². The number of unbranched alkanes of at least 4 members (excludes halogenated alkanes) is 48. The molecule has 0 amide bonds. The van der Waals surface area contributed by atoms with Gasteiger partial charge in [-0.25, -0.2) is 4.57 Å². The van der Waals surface area contributed by atoms with Gasteiger partial charge in [-0.2, -0.15) is 0 Å². The molecule has 0 aromatic heterocycles. The van der Waals surface area contributed by atoms with Crippen molar-refractivity contribution in [2.45, 2.75) is 380 Å². The van der Waals surface area contributed by atoms with Crippen molar-refractivity contribution >= 4 is 19.8 Å². The van der Waals surface area contributed by atoms with Gasteiger partial charge in [0.2, 0.25) is 0 Å². The standard InChI is InChI=1S/C76H144NO8P/c1-6-8-10-12-14-16-18-20-22-24-26-28-30-32-33-34-35-36-37-38-39-40-41-42-43-45-46-48-50-52-54-56-58-60-62-64-66-68-75(78)82-72-74(73-84-86(80,81)83-71-70-77(3,4)5)85-76(79)69-67-65-63-61-59-57-55-53-51-49-47-44-31-29-27-25-23-21-19-17-15-13-11-9-7-2/h9,11,15,17,21,23,27,29,74H,6-8,10,12-14,16,18-20,22,24-26,28,30-73H2,1-5H3/p+1/b11-9-,17-15-,23-21-,29-27-. The SMILES string of the molecule is CC/C=C\C/C=C\C/C=C\C/C=C\CCCCCCCCCCCCCCC(=O)OC(COC(=O)CCCCCCCCCCCCCCCCCCCCCCCCCCCCCCCCCCCCCCC)COP(=O)(O)OCC[N+](C)(C)C. The minimum atomic E-state index is -4.39. The number of esters is 2. The largest absolute Gasteiger partial charge is 0.472 e. The summed E-state index contributed by atoms with van der Waals surface area (Å²) in [4.78, 5) is 35.9. The number of quaternary nitrogens is 1. The Morgan fingerprint density at radius 2 is 0.663 bits per heavy atom.